The maximum atomic E-state index is 13.9. The van der Waals surface area contributed by atoms with Crippen LogP contribution < -0.4 is 0 Å². The topological polar surface area (TPSA) is 66.8 Å². The van der Waals surface area contributed by atoms with Crippen LogP contribution in [0.2, 0.25) is 0 Å². The van der Waals surface area contributed by atoms with Crippen molar-refractivity contribution in [2.75, 3.05) is 6.54 Å². The van der Waals surface area contributed by atoms with E-state index in [9.17, 15) is 13.6 Å². The van der Waals surface area contributed by atoms with Crippen LogP contribution in [0.25, 0.3) is 11.1 Å². The number of aromatic amines is 1. The number of benzene rings is 2. The van der Waals surface area contributed by atoms with Crippen molar-refractivity contribution >= 4 is 5.91 Å². The van der Waals surface area contributed by atoms with Crippen LogP contribution in [0.15, 0.2) is 67.1 Å². The molecule has 34 heavy (non-hydrogen) atoms. The number of H-pyrrole nitrogens is 1. The van der Waals surface area contributed by atoms with Gasteiger partial charge in [0.1, 0.15) is 17.5 Å². The fraction of sp³-hybridized carbons (Fsp3) is 0.269. The Bertz CT molecular complexity index is 1270. The summed E-state index contributed by atoms with van der Waals surface area (Å²) in [6.07, 6.45) is 7.87. The number of piperidine rings is 1. The summed E-state index contributed by atoms with van der Waals surface area (Å²) in [7, 11) is 1.77. The first-order valence-electron chi connectivity index (χ1n) is 11.4. The predicted octanol–water partition coefficient (Wildman–Crippen LogP) is 4.92. The lowest BCUT2D eigenvalue weighted by Gasteiger charge is -2.40. The van der Waals surface area contributed by atoms with Crippen molar-refractivity contribution in [1.29, 1.82) is 0 Å². The number of hydrogen-bond donors (Lipinski definition) is 1. The highest BCUT2D eigenvalue weighted by molar-refractivity contribution is 5.99. The van der Waals surface area contributed by atoms with Crippen LogP contribution in [0.3, 0.4) is 0 Å². The highest BCUT2D eigenvalue weighted by Gasteiger charge is 2.38. The second-order valence-corrected chi connectivity index (χ2v) is 8.64. The number of imidazole rings is 1. The number of rotatable bonds is 5. The van der Waals surface area contributed by atoms with Gasteiger partial charge in [0.2, 0.25) is 0 Å². The monoisotopic (exact) mass is 461 g/mol. The molecule has 1 unspecified atom stereocenters. The Labute approximate surface area is 196 Å². The zero-order chi connectivity index (χ0) is 23.7. The summed E-state index contributed by atoms with van der Waals surface area (Å²) < 4.78 is 28.8. The molecule has 0 aliphatic carbocycles. The summed E-state index contributed by atoms with van der Waals surface area (Å²) in [5, 5.41) is 4.48. The standard InChI is InChI=1S/C26H25F2N5O/c1-32-16-21(17-5-9-19(27)10-6-17)24(31-32)26(34)33-15-3-2-4-22(33)23(25-29-13-14-30-25)18-7-11-20(28)12-8-18/h5-14,16,22-23H,2-4,15H2,1H3,(H,29,30)/t22?,23-/m0/s1. The second kappa shape index (κ2) is 9.21. The number of nitrogens with one attached hydrogen (secondary N) is 1. The third-order valence-electron chi connectivity index (χ3n) is 6.42. The number of hydrogen-bond acceptors (Lipinski definition) is 3. The van der Waals surface area contributed by atoms with Gasteiger partial charge in [-0.25, -0.2) is 13.8 Å². The highest BCUT2D eigenvalue weighted by atomic mass is 19.1. The Balaban J connectivity index is 1.54. The minimum absolute atomic E-state index is 0.178. The van der Waals surface area contributed by atoms with Crippen LogP contribution in [-0.4, -0.2) is 43.1 Å². The molecule has 2 aromatic heterocycles. The third kappa shape index (κ3) is 4.23. The molecular formula is C26H25F2N5O. The molecule has 1 fully saturated rings. The molecule has 2 atom stereocenters. The average molecular weight is 462 g/mol. The van der Waals surface area contributed by atoms with E-state index in [1.807, 2.05) is 4.90 Å². The van der Waals surface area contributed by atoms with Gasteiger partial charge in [-0.15, -0.1) is 0 Å². The summed E-state index contributed by atoms with van der Waals surface area (Å²) in [4.78, 5) is 23.5. The van der Waals surface area contributed by atoms with Crippen LogP contribution >= 0.6 is 0 Å². The van der Waals surface area contributed by atoms with Gasteiger partial charge in [0.15, 0.2) is 5.69 Å². The van der Waals surface area contributed by atoms with Crippen LogP contribution in [-0.2, 0) is 7.05 Å². The molecule has 5 rings (SSSR count). The van der Waals surface area contributed by atoms with E-state index < -0.39 is 0 Å². The fourth-order valence-electron chi connectivity index (χ4n) is 4.86. The van der Waals surface area contributed by atoms with Crippen molar-refractivity contribution < 1.29 is 13.6 Å². The van der Waals surface area contributed by atoms with Crippen molar-refractivity contribution in [2.45, 2.75) is 31.2 Å². The summed E-state index contributed by atoms with van der Waals surface area (Å²) in [6.45, 7) is 0.585. The molecular weight excluding hydrogens is 436 g/mol. The Kier molecular flexibility index (Phi) is 5.96. The van der Waals surface area contributed by atoms with E-state index >= 15 is 0 Å². The fourth-order valence-corrected chi connectivity index (χ4v) is 4.86. The van der Waals surface area contributed by atoms with Crippen molar-refractivity contribution in [3.05, 3.63) is 95.8 Å². The largest absolute Gasteiger partial charge is 0.348 e. The Hall–Kier alpha value is -3.81. The number of carbonyl (C=O) groups is 1. The normalized spacial score (nSPS) is 17.0. The molecule has 0 radical (unpaired) electrons. The maximum absolute atomic E-state index is 13.9. The van der Waals surface area contributed by atoms with E-state index in [1.54, 1.807) is 54.6 Å². The van der Waals surface area contributed by atoms with Gasteiger partial charge >= 0.3 is 0 Å². The minimum Gasteiger partial charge on any atom is -0.348 e. The van der Waals surface area contributed by atoms with Crippen LogP contribution in [0.4, 0.5) is 8.78 Å². The van der Waals surface area contributed by atoms with Gasteiger partial charge in [0.25, 0.3) is 5.91 Å². The van der Waals surface area contributed by atoms with Gasteiger partial charge in [0.05, 0.1) is 5.92 Å². The number of aromatic nitrogens is 4. The van der Waals surface area contributed by atoms with Crippen LogP contribution in [0, 0.1) is 11.6 Å². The molecule has 1 amide bonds. The summed E-state index contributed by atoms with van der Waals surface area (Å²) in [5.41, 5.74) is 2.61. The average Bonchev–Trinajstić information content (AvgIpc) is 3.51. The van der Waals surface area contributed by atoms with Crippen molar-refractivity contribution in [1.82, 2.24) is 24.6 Å². The summed E-state index contributed by atoms with van der Waals surface area (Å²) in [5.74, 6) is -0.328. The molecule has 1 aliphatic rings. The molecule has 2 aromatic carbocycles. The molecule has 0 saturated carbocycles. The van der Waals surface area contributed by atoms with Gasteiger partial charge < -0.3 is 9.88 Å². The third-order valence-corrected chi connectivity index (χ3v) is 6.42. The molecule has 8 heteroatoms. The molecule has 0 bridgehead atoms. The van der Waals surface area contributed by atoms with Gasteiger partial charge in [-0.1, -0.05) is 24.3 Å². The number of amides is 1. The first kappa shape index (κ1) is 22.0. The summed E-state index contributed by atoms with van der Waals surface area (Å²) >= 11 is 0. The minimum atomic E-state index is -0.336. The van der Waals surface area contributed by atoms with Gasteiger partial charge in [0, 0.05) is 43.8 Å². The lowest BCUT2D eigenvalue weighted by molar-refractivity contribution is 0.0581. The Morgan fingerprint density at radius 2 is 1.76 bits per heavy atom. The zero-order valence-electron chi connectivity index (χ0n) is 18.8. The zero-order valence-corrected chi connectivity index (χ0v) is 18.8. The predicted molar refractivity (Wildman–Crippen MR) is 124 cm³/mol. The van der Waals surface area contributed by atoms with Gasteiger partial charge in [-0.2, -0.15) is 5.10 Å². The number of aryl methyl sites for hydroxylation is 1. The van der Waals surface area contributed by atoms with Crippen molar-refractivity contribution in [3.8, 4) is 11.1 Å². The smallest absolute Gasteiger partial charge is 0.275 e. The van der Waals surface area contributed by atoms with E-state index in [1.165, 1.54) is 24.3 Å². The maximum Gasteiger partial charge on any atom is 0.275 e. The lowest BCUT2D eigenvalue weighted by Crippen LogP contribution is -2.47. The number of halogens is 2. The molecule has 3 heterocycles. The van der Waals surface area contributed by atoms with E-state index in [0.717, 1.165) is 36.2 Å². The van der Waals surface area contributed by atoms with Crippen LogP contribution in [0.5, 0.6) is 0 Å². The molecule has 1 saturated heterocycles. The van der Waals surface area contributed by atoms with Crippen molar-refractivity contribution in [2.24, 2.45) is 7.05 Å². The van der Waals surface area contributed by atoms with E-state index in [2.05, 4.69) is 15.1 Å². The van der Waals surface area contributed by atoms with E-state index in [-0.39, 0.29) is 29.5 Å². The molecule has 4 aromatic rings. The molecule has 6 nitrogen and oxygen atoms in total. The van der Waals surface area contributed by atoms with E-state index in [0.29, 0.717) is 17.8 Å². The quantitative estimate of drug-likeness (QED) is 0.459. The van der Waals surface area contributed by atoms with Crippen LogP contribution in [0.1, 0.15) is 47.1 Å². The van der Waals surface area contributed by atoms with Gasteiger partial charge in [-0.05, 0) is 54.7 Å². The molecule has 1 aliphatic heterocycles. The molecule has 1 N–H and O–H groups in total. The SMILES string of the molecule is Cn1cc(-c2ccc(F)cc2)c(C(=O)N2CCCCC2[C@H](c2ccc(F)cc2)c2ncc[nH]2)n1. The second-order valence-electron chi connectivity index (χ2n) is 8.64. The molecule has 174 valence electrons. The number of nitrogens with zero attached hydrogens (tertiary/aromatic N) is 4. The first-order chi connectivity index (χ1) is 16.5. The van der Waals surface area contributed by atoms with Crippen molar-refractivity contribution in [3.63, 3.8) is 0 Å². The Morgan fingerprint density at radius 3 is 2.44 bits per heavy atom. The number of carbonyl (C=O) groups excluding carboxylic acids is 1. The first-order valence-corrected chi connectivity index (χ1v) is 11.4. The van der Waals surface area contributed by atoms with Gasteiger partial charge in [-0.3, -0.25) is 9.48 Å². The summed E-state index contributed by atoms with van der Waals surface area (Å²) in [6, 6.07) is 12.3. The highest BCUT2D eigenvalue weighted by Crippen LogP contribution is 2.36. The van der Waals surface area contributed by atoms with E-state index in [4.69, 9.17) is 0 Å². The molecule has 0 spiro atoms. The Morgan fingerprint density at radius 1 is 1.06 bits per heavy atom. The number of likely N-dealkylation sites (tertiary alicyclic amines) is 1. The lowest BCUT2D eigenvalue weighted by atomic mass is 9.84.